The van der Waals surface area contributed by atoms with Crippen molar-refractivity contribution in [1.82, 2.24) is 9.80 Å². The number of likely N-dealkylation sites (tertiary alicyclic amines) is 2. The normalized spacial score (nSPS) is 21.4. The Morgan fingerprint density at radius 1 is 0.894 bits per heavy atom. The zero-order valence-corrected chi connectivity index (χ0v) is 26.7. The van der Waals surface area contributed by atoms with Crippen LogP contribution in [0, 0.1) is 33.1 Å². The lowest BCUT2D eigenvalue weighted by Gasteiger charge is -2.22. The average Bonchev–Trinajstić information content (AvgIpc) is 3.58. The number of rotatable bonds is 15. The van der Waals surface area contributed by atoms with Crippen molar-refractivity contribution in [2.45, 2.75) is 58.0 Å². The van der Waals surface area contributed by atoms with Crippen molar-refractivity contribution in [3.05, 3.63) is 61.2 Å². The number of carbonyl (C=O) groups excluding carboxylic acids is 2. The summed E-state index contributed by atoms with van der Waals surface area (Å²) in [5.74, 6) is -0.476. The SMILES string of the molecule is COC(=O)[C@@H]1C[C@@H](O)CN1Cc1cc(C)c(OCCCOc2cc([N+](=O)[O-])c(CN3C[C@H](C(C)=O)[C@@H](O)C3)cc2OC)cc1[N+](=O)[O-]. The highest BCUT2D eigenvalue weighted by molar-refractivity contribution is 5.79. The van der Waals surface area contributed by atoms with Crippen molar-refractivity contribution in [3.63, 3.8) is 0 Å². The number of aliphatic hydroxyl groups excluding tert-OH is 2. The minimum atomic E-state index is -0.836. The number of carbonyl (C=O) groups is 2. The average molecular weight is 661 g/mol. The Bertz CT molecular complexity index is 1500. The number of β-amino-alcohol motifs (C(OH)–C–C–N with tert-alkyl or cyclic N) is 2. The molecule has 4 atom stereocenters. The number of ketones is 1. The lowest BCUT2D eigenvalue weighted by Crippen LogP contribution is -2.36. The molecule has 0 aliphatic carbocycles. The Balaban J connectivity index is 1.38. The van der Waals surface area contributed by atoms with Crippen LogP contribution in [-0.4, -0.2) is 107 Å². The topological polar surface area (TPSA) is 204 Å². The first-order valence-corrected chi connectivity index (χ1v) is 15.1. The number of hydrogen-bond acceptors (Lipinski definition) is 14. The van der Waals surface area contributed by atoms with Crippen LogP contribution in [0.4, 0.5) is 11.4 Å². The molecule has 16 heteroatoms. The van der Waals surface area contributed by atoms with E-state index in [0.29, 0.717) is 28.9 Å². The highest BCUT2D eigenvalue weighted by atomic mass is 16.6. The summed E-state index contributed by atoms with van der Waals surface area (Å²) in [5.41, 5.74) is 0.962. The molecular formula is C31H40N4O12. The van der Waals surface area contributed by atoms with E-state index in [1.54, 1.807) is 22.8 Å². The molecule has 4 rings (SSSR count). The summed E-state index contributed by atoms with van der Waals surface area (Å²) in [6.07, 6.45) is -1.08. The highest BCUT2D eigenvalue weighted by Crippen LogP contribution is 2.37. The predicted octanol–water partition coefficient (Wildman–Crippen LogP) is 2.16. The molecule has 2 aliphatic rings. The van der Waals surface area contributed by atoms with E-state index in [1.807, 2.05) is 0 Å². The Labute approximate surface area is 271 Å². The van der Waals surface area contributed by atoms with Crippen LogP contribution in [0.2, 0.25) is 0 Å². The molecule has 2 heterocycles. The van der Waals surface area contributed by atoms with Gasteiger partial charge in [-0.25, -0.2) is 0 Å². The molecule has 2 aliphatic heterocycles. The molecule has 0 aromatic heterocycles. The van der Waals surface area contributed by atoms with Gasteiger partial charge in [-0.3, -0.25) is 39.6 Å². The van der Waals surface area contributed by atoms with Crippen LogP contribution in [0.25, 0.3) is 0 Å². The van der Waals surface area contributed by atoms with Crippen LogP contribution in [0.5, 0.6) is 17.2 Å². The third kappa shape index (κ3) is 8.51. The number of methoxy groups -OCH3 is 2. The fourth-order valence-corrected chi connectivity index (χ4v) is 6.06. The molecule has 2 aromatic rings. The maximum Gasteiger partial charge on any atom is 0.323 e. The van der Waals surface area contributed by atoms with Crippen LogP contribution >= 0.6 is 0 Å². The van der Waals surface area contributed by atoms with Gasteiger partial charge in [0.25, 0.3) is 11.4 Å². The summed E-state index contributed by atoms with van der Waals surface area (Å²) >= 11 is 0. The third-order valence-electron chi connectivity index (χ3n) is 8.45. The van der Waals surface area contributed by atoms with Crippen molar-refractivity contribution in [3.8, 4) is 17.2 Å². The van der Waals surface area contributed by atoms with Crippen molar-refractivity contribution in [2.24, 2.45) is 5.92 Å². The van der Waals surface area contributed by atoms with Crippen LogP contribution < -0.4 is 14.2 Å². The van der Waals surface area contributed by atoms with Gasteiger partial charge in [-0.2, -0.15) is 0 Å². The summed E-state index contributed by atoms with van der Waals surface area (Å²) in [6.45, 7) is 4.25. The van der Waals surface area contributed by atoms with Gasteiger partial charge in [0.2, 0.25) is 0 Å². The number of nitro benzene ring substituents is 2. The number of hydrogen-bond donors (Lipinski definition) is 2. The van der Waals surface area contributed by atoms with Gasteiger partial charge < -0.3 is 29.2 Å². The van der Waals surface area contributed by atoms with Gasteiger partial charge >= 0.3 is 5.97 Å². The second-order valence-corrected chi connectivity index (χ2v) is 11.8. The van der Waals surface area contributed by atoms with Crippen LogP contribution in [0.1, 0.15) is 36.5 Å². The molecule has 16 nitrogen and oxygen atoms in total. The number of ether oxygens (including phenoxy) is 4. The lowest BCUT2D eigenvalue weighted by atomic mass is 10.0. The Kier molecular flexibility index (Phi) is 11.7. The van der Waals surface area contributed by atoms with E-state index in [0.717, 1.165) is 0 Å². The van der Waals surface area contributed by atoms with Crippen molar-refractivity contribution < 1.29 is 48.6 Å². The predicted molar refractivity (Wildman–Crippen MR) is 165 cm³/mol. The van der Waals surface area contributed by atoms with Gasteiger partial charge in [-0.05, 0) is 31.5 Å². The van der Waals surface area contributed by atoms with Gasteiger partial charge in [-0.15, -0.1) is 0 Å². The molecule has 0 amide bonds. The zero-order chi connectivity index (χ0) is 34.4. The molecule has 0 spiro atoms. The van der Waals surface area contributed by atoms with E-state index >= 15 is 0 Å². The van der Waals surface area contributed by atoms with Crippen LogP contribution in [0.15, 0.2) is 24.3 Å². The van der Waals surface area contributed by atoms with Crippen LogP contribution in [0.3, 0.4) is 0 Å². The fourth-order valence-electron chi connectivity index (χ4n) is 6.06. The molecule has 2 saturated heterocycles. The number of aliphatic hydroxyl groups is 2. The zero-order valence-electron chi connectivity index (χ0n) is 26.7. The first kappa shape index (κ1) is 35.5. The minimum absolute atomic E-state index is 0.0633. The van der Waals surface area contributed by atoms with E-state index in [-0.39, 0.29) is 81.0 Å². The molecule has 47 heavy (non-hydrogen) atoms. The first-order chi connectivity index (χ1) is 22.3. The number of nitro groups is 2. The second-order valence-electron chi connectivity index (χ2n) is 11.8. The molecule has 0 bridgehead atoms. The van der Waals surface area contributed by atoms with E-state index in [1.165, 1.54) is 39.3 Å². The van der Waals surface area contributed by atoms with Crippen molar-refractivity contribution >= 4 is 23.1 Å². The van der Waals surface area contributed by atoms with Crippen LogP contribution in [-0.2, 0) is 27.4 Å². The standard InChI is InChI=1S/C31H40N4O12/c1-18-8-20(14-33-15-22(37)10-26(33)31(39)45-4)24(34(40)41)11-28(18)46-6-5-7-47-30-12-25(35(42)43)21(9-29(30)44-3)13-32-16-23(19(2)36)27(38)17-32/h8-9,11-12,22-23,26-27,37-38H,5-7,10,13-17H2,1-4H3/t22-,23-,26+,27+/m1/s1. The molecule has 0 unspecified atom stereocenters. The molecule has 2 N–H and O–H groups in total. The summed E-state index contributed by atoms with van der Waals surface area (Å²) in [5, 5.41) is 44.1. The third-order valence-corrected chi connectivity index (χ3v) is 8.45. The van der Waals surface area contributed by atoms with Gasteiger partial charge in [0.15, 0.2) is 11.5 Å². The smallest absolute Gasteiger partial charge is 0.323 e. The van der Waals surface area contributed by atoms with E-state index < -0.39 is 40.0 Å². The van der Waals surface area contributed by atoms with Gasteiger partial charge in [0.05, 0.1) is 67.5 Å². The fraction of sp³-hybridized carbons (Fsp3) is 0.548. The van der Waals surface area contributed by atoms with E-state index in [9.17, 15) is 40.0 Å². The van der Waals surface area contributed by atoms with Crippen molar-refractivity contribution in [2.75, 3.05) is 47.1 Å². The van der Waals surface area contributed by atoms with Gasteiger partial charge in [0.1, 0.15) is 17.6 Å². The van der Waals surface area contributed by atoms with E-state index in [2.05, 4.69) is 0 Å². The summed E-state index contributed by atoms with van der Waals surface area (Å²) in [4.78, 5) is 50.2. The van der Waals surface area contributed by atoms with Gasteiger partial charge in [0, 0.05) is 56.7 Å². The van der Waals surface area contributed by atoms with Gasteiger partial charge in [-0.1, -0.05) is 0 Å². The maximum atomic E-state index is 12.2. The minimum Gasteiger partial charge on any atom is -0.493 e. The summed E-state index contributed by atoms with van der Waals surface area (Å²) in [7, 11) is 2.66. The molecule has 256 valence electrons. The monoisotopic (exact) mass is 660 g/mol. The summed E-state index contributed by atoms with van der Waals surface area (Å²) in [6, 6.07) is 5.03. The molecule has 0 saturated carbocycles. The quantitative estimate of drug-likeness (QED) is 0.122. The van der Waals surface area contributed by atoms with Crippen molar-refractivity contribution in [1.29, 1.82) is 0 Å². The number of benzene rings is 2. The second kappa shape index (κ2) is 15.5. The van der Waals surface area contributed by atoms with E-state index in [4.69, 9.17) is 18.9 Å². The Hall–Kier alpha value is -4.38. The number of esters is 1. The molecule has 2 aromatic carbocycles. The Morgan fingerprint density at radius 3 is 2.09 bits per heavy atom. The molecular weight excluding hydrogens is 620 g/mol. The number of nitrogens with zero attached hydrogens (tertiary/aromatic N) is 4. The summed E-state index contributed by atoms with van der Waals surface area (Å²) < 4.78 is 21.9. The molecule has 2 fully saturated rings. The lowest BCUT2D eigenvalue weighted by molar-refractivity contribution is -0.386. The first-order valence-electron chi connectivity index (χ1n) is 15.1. The number of aryl methyl sites for hydroxylation is 1. The number of Topliss-reactive ketones (excluding diaryl/α,β-unsaturated/α-hetero) is 1. The Morgan fingerprint density at radius 2 is 1.51 bits per heavy atom. The maximum absolute atomic E-state index is 12.2. The molecule has 0 radical (unpaired) electrons. The largest absolute Gasteiger partial charge is 0.493 e. The highest BCUT2D eigenvalue weighted by Gasteiger charge is 2.38.